The molecule has 0 aliphatic rings. The van der Waals surface area contributed by atoms with Crippen LogP contribution in [0.4, 0.5) is 5.95 Å². The van der Waals surface area contributed by atoms with Crippen LogP contribution in [0.1, 0.15) is 31.9 Å². The Bertz CT molecular complexity index is 303. The summed E-state index contributed by atoms with van der Waals surface area (Å²) in [4.78, 5) is 8.15. The first-order valence-corrected chi connectivity index (χ1v) is 5.21. The fourth-order valence-corrected chi connectivity index (χ4v) is 1.21. The van der Waals surface area contributed by atoms with E-state index in [-0.39, 0.29) is 0 Å². The maximum Gasteiger partial charge on any atom is 0.240 e. The summed E-state index contributed by atoms with van der Waals surface area (Å²) in [6.07, 6.45) is 3.40. The highest BCUT2D eigenvalue weighted by Crippen LogP contribution is 2.11. The van der Waals surface area contributed by atoms with Crippen LogP contribution in [0.15, 0.2) is 6.07 Å². The van der Waals surface area contributed by atoms with Gasteiger partial charge in [-0.2, -0.15) is 4.98 Å². The molecule has 0 saturated heterocycles. The molecule has 0 atom stereocenters. The zero-order valence-electron chi connectivity index (χ0n) is 9.29. The van der Waals surface area contributed by atoms with E-state index in [1.165, 1.54) is 12.8 Å². The third-order valence-corrected chi connectivity index (χ3v) is 1.96. The number of nitrogens with two attached hydrogens (primary N) is 1. The van der Waals surface area contributed by atoms with Gasteiger partial charge in [0.1, 0.15) is 0 Å². The van der Waals surface area contributed by atoms with Gasteiger partial charge in [0.25, 0.3) is 0 Å². The Morgan fingerprint density at radius 3 is 2.87 bits per heavy atom. The van der Waals surface area contributed by atoms with E-state index in [4.69, 9.17) is 10.6 Å². The predicted molar refractivity (Wildman–Crippen MR) is 59.6 cm³/mol. The predicted octanol–water partition coefficient (Wildman–Crippen LogP) is 1.64. The van der Waals surface area contributed by atoms with Crippen LogP contribution in [-0.2, 0) is 0 Å². The van der Waals surface area contributed by atoms with E-state index in [2.05, 4.69) is 22.3 Å². The molecule has 0 fully saturated rings. The van der Waals surface area contributed by atoms with Crippen LogP contribution in [0.3, 0.4) is 0 Å². The Morgan fingerprint density at radius 1 is 1.40 bits per heavy atom. The minimum atomic E-state index is 0.389. The first-order valence-electron chi connectivity index (χ1n) is 5.21. The third-order valence-electron chi connectivity index (χ3n) is 1.96. The average molecular weight is 210 g/mol. The van der Waals surface area contributed by atoms with Crippen molar-refractivity contribution in [1.29, 1.82) is 0 Å². The van der Waals surface area contributed by atoms with E-state index in [0.29, 0.717) is 18.4 Å². The number of aryl methyl sites for hydroxylation is 1. The maximum atomic E-state index is 5.48. The van der Waals surface area contributed by atoms with Gasteiger partial charge in [0.15, 0.2) is 0 Å². The third kappa shape index (κ3) is 4.12. The quantitative estimate of drug-likeness (QED) is 0.424. The van der Waals surface area contributed by atoms with Crippen molar-refractivity contribution < 1.29 is 4.74 Å². The van der Waals surface area contributed by atoms with Gasteiger partial charge < -0.3 is 4.74 Å². The molecule has 0 aliphatic heterocycles. The summed E-state index contributed by atoms with van der Waals surface area (Å²) in [5, 5.41) is 0. The van der Waals surface area contributed by atoms with Gasteiger partial charge in [0, 0.05) is 11.8 Å². The molecule has 3 N–H and O–H groups in total. The van der Waals surface area contributed by atoms with Gasteiger partial charge in [0.05, 0.1) is 6.61 Å². The second-order valence-electron chi connectivity index (χ2n) is 3.37. The summed E-state index contributed by atoms with van der Waals surface area (Å²) < 4.78 is 5.48. The van der Waals surface area contributed by atoms with E-state index < -0.39 is 0 Å². The van der Waals surface area contributed by atoms with Crippen molar-refractivity contribution in [3.8, 4) is 5.88 Å². The van der Waals surface area contributed by atoms with Gasteiger partial charge in [-0.05, 0) is 13.3 Å². The van der Waals surface area contributed by atoms with E-state index in [9.17, 15) is 0 Å². The number of hydrazine groups is 1. The second kappa shape index (κ2) is 6.19. The minimum Gasteiger partial charge on any atom is -0.478 e. The number of rotatable bonds is 6. The fourth-order valence-electron chi connectivity index (χ4n) is 1.21. The van der Waals surface area contributed by atoms with Crippen molar-refractivity contribution in [3.63, 3.8) is 0 Å². The highest BCUT2D eigenvalue weighted by Gasteiger charge is 2.01. The lowest BCUT2D eigenvalue weighted by Crippen LogP contribution is -2.12. The molecule has 0 aromatic carbocycles. The van der Waals surface area contributed by atoms with E-state index in [1.54, 1.807) is 6.07 Å². The fraction of sp³-hybridized carbons (Fsp3) is 0.600. The zero-order valence-corrected chi connectivity index (χ0v) is 9.29. The molecule has 1 aromatic rings. The summed E-state index contributed by atoms with van der Waals surface area (Å²) in [7, 11) is 0. The van der Waals surface area contributed by atoms with E-state index >= 15 is 0 Å². The normalized spacial score (nSPS) is 10.1. The standard InChI is InChI=1S/C10H18N4O/c1-3-4-5-6-15-9-7-8(2)12-10(13-9)14-11/h7H,3-6,11H2,1-2H3,(H,12,13,14). The number of unbranched alkanes of at least 4 members (excludes halogenated alkanes) is 2. The molecular formula is C10H18N4O. The van der Waals surface area contributed by atoms with Crippen LogP contribution >= 0.6 is 0 Å². The molecule has 0 bridgehead atoms. The number of hydrogen-bond acceptors (Lipinski definition) is 5. The molecule has 0 saturated carbocycles. The largest absolute Gasteiger partial charge is 0.478 e. The molecule has 0 aliphatic carbocycles. The molecule has 5 heteroatoms. The molecule has 0 radical (unpaired) electrons. The summed E-state index contributed by atoms with van der Waals surface area (Å²) in [5.74, 6) is 6.20. The summed E-state index contributed by atoms with van der Waals surface area (Å²) in [6.45, 7) is 4.72. The van der Waals surface area contributed by atoms with Crippen molar-refractivity contribution in [2.75, 3.05) is 12.0 Å². The molecular weight excluding hydrogens is 192 g/mol. The Kier molecular flexibility index (Phi) is 4.83. The Balaban J connectivity index is 2.49. The molecule has 1 heterocycles. The van der Waals surface area contributed by atoms with Crippen LogP contribution in [0.25, 0.3) is 0 Å². The number of anilines is 1. The molecule has 0 spiro atoms. The summed E-state index contributed by atoms with van der Waals surface area (Å²) in [6, 6.07) is 1.80. The second-order valence-corrected chi connectivity index (χ2v) is 3.37. The topological polar surface area (TPSA) is 73.1 Å². The number of nitrogens with one attached hydrogen (secondary N) is 1. The lowest BCUT2D eigenvalue weighted by molar-refractivity contribution is 0.294. The molecule has 15 heavy (non-hydrogen) atoms. The first-order chi connectivity index (χ1) is 7.26. The van der Waals surface area contributed by atoms with Gasteiger partial charge in [-0.1, -0.05) is 19.8 Å². The van der Waals surface area contributed by atoms with Crippen LogP contribution in [-0.4, -0.2) is 16.6 Å². The smallest absolute Gasteiger partial charge is 0.240 e. The number of aromatic nitrogens is 2. The van der Waals surface area contributed by atoms with Crippen LogP contribution in [0, 0.1) is 6.92 Å². The van der Waals surface area contributed by atoms with E-state index in [0.717, 1.165) is 12.1 Å². The van der Waals surface area contributed by atoms with Gasteiger partial charge in [-0.15, -0.1) is 0 Å². The minimum absolute atomic E-state index is 0.389. The van der Waals surface area contributed by atoms with Crippen LogP contribution in [0.5, 0.6) is 5.88 Å². The van der Waals surface area contributed by atoms with Gasteiger partial charge >= 0.3 is 0 Å². The Hall–Kier alpha value is -1.36. The molecule has 84 valence electrons. The van der Waals surface area contributed by atoms with Crippen LogP contribution in [0.2, 0.25) is 0 Å². The van der Waals surface area contributed by atoms with Crippen molar-refractivity contribution in [3.05, 3.63) is 11.8 Å². The maximum absolute atomic E-state index is 5.48. The van der Waals surface area contributed by atoms with Crippen molar-refractivity contribution in [1.82, 2.24) is 9.97 Å². The van der Waals surface area contributed by atoms with Gasteiger partial charge in [-0.25, -0.2) is 10.8 Å². The number of hydrogen-bond donors (Lipinski definition) is 2. The average Bonchev–Trinajstić information content (AvgIpc) is 2.23. The lowest BCUT2D eigenvalue weighted by atomic mass is 10.3. The SMILES string of the molecule is CCCCCOc1cc(C)nc(NN)n1. The molecule has 5 nitrogen and oxygen atoms in total. The molecule has 1 rings (SSSR count). The molecule has 1 aromatic heterocycles. The zero-order chi connectivity index (χ0) is 11.1. The number of nitrogen functional groups attached to an aromatic ring is 1. The molecule has 0 amide bonds. The molecule has 0 unspecified atom stereocenters. The monoisotopic (exact) mass is 210 g/mol. The highest BCUT2D eigenvalue weighted by molar-refractivity contribution is 5.28. The Morgan fingerprint density at radius 2 is 2.20 bits per heavy atom. The van der Waals surface area contributed by atoms with Crippen LogP contribution < -0.4 is 16.0 Å². The lowest BCUT2D eigenvalue weighted by Gasteiger charge is -2.06. The number of nitrogens with zero attached hydrogens (tertiary/aromatic N) is 2. The van der Waals surface area contributed by atoms with Crippen molar-refractivity contribution in [2.45, 2.75) is 33.1 Å². The summed E-state index contributed by atoms with van der Waals surface area (Å²) >= 11 is 0. The first kappa shape index (κ1) is 11.7. The van der Waals surface area contributed by atoms with E-state index in [1.807, 2.05) is 6.92 Å². The van der Waals surface area contributed by atoms with Gasteiger partial charge in [0.2, 0.25) is 11.8 Å². The Labute approximate surface area is 90.0 Å². The summed E-state index contributed by atoms with van der Waals surface area (Å²) in [5.41, 5.74) is 3.24. The van der Waals surface area contributed by atoms with Crippen molar-refractivity contribution in [2.24, 2.45) is 5.84 Å². The van der Waals surface area contributed by atoms with Gasteiger partial charge in [-0.3, -0.25) is 5.43 Å². The van der Waals surface area contributed by atoms with Crippen molar-refractivity contribution >= 4 is 5.95 Å². The highest BCUT2D eigenvalue weighted by atomic mass is 16.5. The number of ether oxygens (including phenoxy) is 1.